The van der Waals surface area contributed by atoms with Crippen molar-refractivity contribution in [1.29, 1.82) is 0 Å². The quantitative estimate of drug-likeness (QED) is 0.280. The lowest BCUT2D eigenvalue weighted by molar-refractivity contribution is -0.113. The zero-order valence-corrected chi connectivity index (χ0v) is 20.5. The van der Waals surface area contributed by atoms with E-state index in [1.54, 1.807) is 77.7 Å². The summed E-state index contributed by atoms with van der Waals surface area (Å²) in [7, 11) is 1.48. The number of methoxy groups -OCH3 is 1. The van der Waals surface area contributed by atoms with E-state index in [2.05, 4.69) is 6.58 Å². The minimum Gasteiger partial charge on any atom is -0.504 e. The lowest BCUT2D eigenvalue weighted by Crippen LogP contribution is -2.28. The molecule has 1 N–H and O–H groups in total. The minimum atomic E-state index is -0.225. The predicted molar refractivity (Wildman–Crippen MR) is 142 cm³/mol. The highest BCUT2D eigenvalue weighted by Gasteiger charge is 2.35. The molecular weight excluding hydrogens is 491 g/mol. The first kappa shape index (κ1) is 24.0. The molecule has 172 valence electrons. The molecule has 34 heavy (non-hydrogen) atoms. The van der Waals surface area contributed by atoms with Crippen molar-refractivity contribution in [3.63, 3.8) is 0 Å². The van der Waals surface area contributed by atoms with Crippen molar-refractivity contribution < 1.29 is 14.6 Å². The molecule has 3 aromatic carbocycles. The Bertz CT molecular complexity index is 1300. The average molecular weight is 511 g/mol. The second-order valence-electron chi connectivity index (χ2n) is 7.32. The highest BCUT2D eigenvalue weighted by molar-refractivity contribution is 8.19. The van der Waals surface area contributed by atoms with Gasteiger partial charge in [-0.15, -0.1) is 6.58 Å². The Morgan fingerprint density at radius 2 is 1.74 bits per heavy atom. The SMILES string of the molecule is C=CCc1cc(/C=C2\SC(=Nc3ccc(Cl)cc3)N(c3ccc(Cl)cc3)C2=O)cc(OC)c1O. The van der Waals surface area contributed by atoms with Crippen LogP contribution in [0.5, 0.6) is 11.5 Å². The molecule has 0 bridgehead atoms. The lowest BCUT2D eigenvalue weighted by Gasteiger charge is -2.15. The van der Waals surface area contributed by atoms with E-state index in [1.165, 1.54) is 18.9 Å². The number of thioether (sulfide) groups is 1. The molecule has 1 aliphatic heterocycles. The van der Waals surface area contributed by atoms with Gasteiger partial charge in [-0.25, -0.2) is 4.99 Å². The number of aromatic hydroxyl groups is 1. The second kappa shape index (κ2) is 10.4. The fourth-order valence-electron chi connectivity index (χ4n) is 3.38. The number of amides is 1. The maximum Gasteiger partial charge on any atom is 0.271 e. The van der Waals surface area contributed by atoms with Gasteiger partial charge in [-0.1, -0.05) is 29.3 Å². The van der Waals surface area contributed by atoms with Crippen LogP contribution >= 0.6 is 35.0 Å². The molecule has 1 heterocycles. The molecule has 0 aliphatic carbocycles. The zero-order valence-electron chi connectivity index (χ0n) is 18.2. The fourth-order valence-corrected chi connectivity index (χ4v) is 4.64. The minimum absolute atomic E-state index is 0.0581. The van der Waals surface area contributed by atoms with Gasteiger partial charge in [0.05, 0.1) is 23.4 Å². The van der Waals surface area contributed by atoms with Crippen LogP contribution in [0.25, 0.3) is 6.08 Å². The summed E-state index contributed by atoms with van der Waals surface area (Å²) < 4.78 is 5.31. The van der Waals surface area contributed by atoms with Crippen LogP contribution in [0.3, 0.4) is 0 Å². The number of amidine groups is 1. The first-order valence-electron chi connectivity index (χ1n) is 10.2. The van der Waals surface area contributed by atoms with E-state index in [4.69, 9.17) is 32.9 Å². The smallest absolute Gasteiger partial charge is 0.271 e. The molecule has 8 heteroatoms. The van der Waals surface area contributed by atoms with E-state index in [0.717, 1.165) is 0 Å². The highest BCUT2D eigenvalue weighted by atomic mass is 35.5. The van der Waals surface area contributed by atoms with Gasteiger partial charge in [0.15, 0.2) is 16.7 Å². The van der Waals surface area contributed by atoms with E-state index in [-0.39, 0.29) is 11.7 Å². The van der Waals surface area contributed by atoms with Crippen LogP contribution in [-0.2, 0) is 11.2 Å². The molecule has 5 nitrogen and oxygen atoms in total. The van der Waals surface area contributed by atoms with E-state index < -0.39 is 0 Å². The van der Waals surface area contributed by atoms with Crippen LogP contribution < -0.4 is 9.64 Å². The zero-order chi connectivity index (χ0) is 24.2. The fraction of sp³-hybridized carbons (Fsp3) is 0.0769. The number of carbonyl (C=O) groups excluding carboxylic acids is 1. The van der Waals surface area contributed by atoms with Gasteiger partial charge in [-0.05, 0) is 90.5 Å². The van der Waals surface area contributed by atoms with Crippen molar-refractivity contribution in [2.45, 2.75) is 6.42 Å². The molecule has 0 unspecified atom stereocenters. The molecule has 0 atom stereocenters. The van der Waals surface area contributed by atoms with Gasteiger partial charge >= 0.3 is 0 Å². The number of hydrogen-bond acceptors (Lipinski definition) is 5. The number of allylic oxidation sites excluding steroid dienone is 1. The summed E-state index contributed by atoms with van der Waals surface area (Å²) in [6.07, 6.45) is 3.91. The highest BCUT2D eigenvalue weighted by Crippen LogP contribution is 2.39. The Kier molecular flexibility index (Phi) is 7.32. The first-order valence-corrected chi connectivity index (χ1v) is 11.8. The Balaban J connectivity index is 1.79. The summed E-state index contributed by atoms with van der Waals surface area (Å²) >= 11 is 13.3. The van der Waals surface area contributed by atoms with Gasteiger partial charge in [0.25, 0.3) is 5.91 Å². The summed E-state index contributed by atoms with van der Waals surface area (Å²) in [4.78, 5) is 20.2. The molecule has 0 aromatic heterocycles. The van der Waals surface area contributed by atoms with Gasteiger partial charge in [0, 0.05) is 15.6 Å². The summed E-state index contributed by atoms with van der Waals surface area (Å²) in [6, 6.07) is 17.5. The number of phenolic OH excluding ortho intramolecular Hbond substituents is 1. The molecule has 1 fully saturated rings. The monoisotopic (exact) mass is 510 g/mol. The summed E-state index contributed by atoms with van der Waals surface area (Å²) in [5.41, 5.74) is 2.68. The average Bonchev–Trinajstić information content (AvgIpc) is 3.12. The molecular formula is C26H20Cl2N2O3S. The van der Waals surface area contributed by atoms with E-state index in [9.17, 15) is 9.90 Å². The number of ether oxygens (including phenoxy) is 1. The third kappa shape index (κ3) is 5.14. The molecule has 3 aromatic rings. The lowest BCUT2D eigenvalue weighted by atomic mass is 10.1. The van der Waals surface area contributed by atoms with Gasteiger partial charge in [0.2, 0.25) is 0 Å². The third-order valence-corrected chi connectivity index (χ3v) is 6.47. The largest absolute Gasteiger partial charge is 0.504 e. The summed E-state index contributed by atoms with van der Waals surface area (Å²) in [5.74, 6) is 0.159. The molecule has 0 saturated carbocycles. The molecule has 1 amide bonds. The number of halogens is 2. The van der Waals surface area contributed by atoms with E-state index in [1.807, 2.05) is 0 Å². The van der Waals surface area contributed by atoms with Crippen LogP contribution in [0.1, 0.15) is 11.1 Å². The van der Waals surface area contributed by atoms with Gasteiger partial charge in [-0.3, -0.25) is 9.69 Å². The van der Waals surface area contributed by atoms with E-state index in [0.29, 0.717) is 54.8 Å². The predicted octanol–water partition coefficient (Wildman–Crippen LogP) is 7.24. The number of phenols is 1. The number of benzene rings is 3. The molecule has 0 spiro atoms. The number of rotatable bonds is 6. The van der Waals surface area contributed by atoms with E-state index >= 15 is 0 Å². The van der Waals surface area contributed by atoms with Gasteiger partial charge in [-0.2, -0.15) is 0 Å². The first-order chi connectivity index (χ1) is 16.4. The van der Waals surface area contributed by atoms with Crippen molar-refractivity contribution in [3.8, 4) is 11.5 Å². The van der Waals surface area contributed by atoms with Gasteiger partial charge in [0.1, 0.15) is 0 Å². The number of aliphatic imine (C=N–C) groups is 1. The van der Waals surface area contributed by atoms with Crippen LogP contribution in [0, 0.1) is 0 Å². The Labute approximate surface area is 212 Å². The molecule has 0 radical (unpaired) electrons. The Morgan fingerprint density at radius 3 is 2.35 bits per heavy atom. The van der Waals surface area contributed by atoms with Crippen molar-refractivity contribution >= 4 is 63.5 Å². The number of hydrogen-bond donors (Lipinski definition) is 1. The maximum atomic E-state index is 13.5. The maximum absolute atomic E-state index is 13.5. The molecule has 1 saturated heterocycles. The van der Waals surface area contributed by atoms with Crippen molar-refractivity contribution in [2.75, 3.05) is 12.0 Å². The Morgan fingerprint density at radius 1 is 1.09 bits per heavy atom. The molecule has 4 rings (SSSR count). The summed E-state index contributed by atoms with van der Waals surface area (Å²) in [6.45, 7) is 3.74. The molecule has 1 aliphatic rings. The third-order valence-electron chi connectivity index (χ3n) is 5.00. The van der Waals surface area contributed by atoms with Gasteiger partial charge < -0.3 is 9.84 Å². The van der Waals surface area contributed by atoms with Crippen molar-refractivity contribution in [2.24, 2.45) is 4.99 Å². The Hall–Kier alpha value is -3.19. The van der Waals surface area contributed by atoms with Crippen LogP contribution in [0.4, 0.5) is 11.4 Å². The number of nitrogens with zero attached hydrogens (tertiary/aromatic N) is 2. The number of carbonyl (C=O) groups is 1. The standard InChI is InChI=1S/C26H20Cl2N2O3S/c1-3-4-17-13-16(14-22(33-2)24(17)31)15-23-25(32)30(21-11-7-19(28)8-12-21)26(34-23)29-20-9-5-18(27)6-10-20/h3,5-15,31H,1,4H2,2H3/b23-15-,29-26?. The van der Waals surface area contributed by atoms with Crippen molar-refractivity contribution in [1.82, 2.24) is 0 Å². The van der Waals surface area contributed by atoms with Crippen LogP contribution in [0.15, 0.2) is 83.2 Å². The topological polar surface area (TPSA) is 62.1 Å². The normalized spacial score (nSPS) is 15.9. The van der Waals surface area contributed by atoms with Crippen molar-refractivity contribution in [3.05, 3.63) is 99.4 Å². The van der Waals surface area contributed by atoms with Crippen LogP contribution in [-0.4, -0.2) is 23.3 Å². The second-order valence-corrected chi connectivity index (χ2v) is 9.20. The van der Waals surface area contributed by atoms with Crippen LogP contribution in [0.2, 0.25) is 10.0 Å². The summed E-state index contributed by atoms with van der Waals surface area (Å²) in [5, 5.41) is 12.1. The number of anilines is 1.